The minimum Gasteiger partial charge on any atom is -0.497 e. The molecule has 1 saturated heterocycles. The zero-order chi connectivity index (χ0) is 18.1. The van der Waals surface area contributed by atoms with Gasteiger partial charge in [-0.1, -0.05) is 0 Å². The van der Waals surface area contributed by atoms with Gasteiger partial charge in [0.15, 0.2) is 5.96 Å². The summed E-state index contributed by atoms with van der Waals surface area (Å²) in [5, 5.41) is 17.7. The third-order valence-corrected chi connectivity index (χ3v) is 5.44. The zero-order valence-electron chi connectivity index (χ0n) is 15.7. The summed E-state index contributed by atoms with van der Waals surface area (Å²) >= 11 is 2.01. The van der Waals surface area contributed by atoms with E-state index in [1.807, 2.05) is 18.7 Å². The largest absolute Gasteiger partial charge is 0.497 e. The molecule has 0 spiro atoms. The molecule has 0 saturated carbocycles. The maximum atomic E-state index is 10.5. The maximum absolute atomic E-state index is 10.5. The van der Waals surface area contributed by atoms with Crippen LogP contribution in [0, 0.1) is 0 Å². The molecule has 1 aromatic carbocycles. The van der Waals surface area contributed by atoms with Gasteiger partial charge in [-0.25, -0.2) is 0 Å². The number of guanidine groups is 1. The van der Waals surface area contributed by atoms with E-state index in [1.165, 1.54) is 18.6 Å². The Kier molecular flexibility index (Phi) is 11.1. The fourth-order valence-electron chi connectivity index (χ4n) is 2.66. The Morgan fingerprint density at radius 3 is 2.50 bits per heavy atom. The first-order chi connectivity index (χ1) is 12.2. The monoisotopic (exact) mass is 495 g/mol. The molecule has 1 fully saturated rings. The molecule has 1 aromatic rings. The van der Waals surface area contributed by atoms with E-state index >= 15 is 0 Å². The fraction of sp³-hybridized carbons (Fsp3) is 0.611. The third-order valence-electron chi connectivity index (χ3n) is 4.05. The molecule has 0 radical (unpaired) electrons. The van der Waals surface area contributed by atoms with Crippen molar-refractivity contribution in [1.82, 2.24) is 10.6 Å². The first-order valence-corrected chi connectivity index (χ1v) is 9.76. The van der Waals surface area contributed by atoms with Crippen molar-refractivity contribution in [3.63, 3.8) is 0 Å². The number of aliphatic hydroxyl groups excluding tert-OH is 1. The molecular formula is C18H30IN3O3S. The molecule has 2 rings (SSSR count). The van der Waals surface area contributed by atoms with Gasteiger partial charge in [0.25, 0.3) is 0 Å². The third kappa shape index (κ3) is 7.40. The second kappa shape index (κ2) is 12.5. The van der Waals surface area contributed by atoms with E-state index in [0.29, 0.717) is 16.7 Å². The highest BCUT2D eigenvalue weighted by molar-refractivity contribution is 14.0. The summed E-state index contributed by atoms with van der Waals surface area (Å²) in [5.41, 5.74) is 0.724. The molecule has 0 aromatic heterocycles. The normalized spacial score (nSPS) is 18.0. The van der Waals surface area contributed by atoms with Gasteiger partial charge in [-0.3, -0.25) is 4.99 Å². The molecule has 1 aliphatic heterocycles. The summed E-state index contributed by atoms with van der Waals surface area (Å²) in [5.74, 6) is 3.29. The number of aliphatic hydroxyl groups is 1. The summed E-state index contributed by atoms with van der Waals surface area (Å²) < 4.78 is 10.5. The van der Waals surface area contributed by atoms with E-state index in [1.54, 1.807) is 32.4 Å². The van der Waals surface area contributed by atoms with Crippen molar-refractivity contribution < 1.29 is 14.6 Å². The predicted molar refractivity (Wildman–Crippen MR) is 119 cm³/mol. The predicted octanol–water partition coefficient (Wildman–Crippen LogP) is 2.81. The molecule has 8 heteroatoms. The number of rotatable bonds is 8. The van der Waals surface area contributed by atoms with Gasteiger partial charge in [0.2, 0.25) is 0 Å². The quantitative estimate of drug-likeness (QED) is 0.293. The van der Waals surface area contributed by atoms with Gasteiger partial charge in [-0.15, -0.1) is 24.0 Å². The van der Waals surface area contributed by atoms with Crippen molar-refractivity contribution in [3.05, 3.63) is 23.8 Å². The molecule has 6 nitrogen and oxygen atoms in total. The summed E-state index contributed by atoms with van der Waals surface area (Å²) in [6.45, 7) is 3.99. The van der Waals surface area contributed by atoms with Crippen molar-refractivity contribution in [1.29, 1.82) is 0 Å². The first-order valence-electron chi connectivity index (χ1n) is 8.71. The SMILES string of the molecule is CCNC(=NCC(O)c1cc(OC)cc(OC)c1)NCC1CCCS1.I. The Bertz CT molecular complexity index is 546. The minimum absolute atomic E-state index is 0. The molecule has 1 heterocycles. The van der Waals surface area contributed by atoms with Gasteiger partial charge in [-0.2, -0.15) is 11.8 Å². The van der Waals surface area contributed by atoms with Crippen molar-refractivity contribution in [3.8, 4) is 11.5 Å². The van der Waals surface area contributed by atoms with Crippen LogP contribution in [0.1, 0.15) is 31.4 Å². The molecular weight excluding hydrogens is 465 g/mol. The van der Waals surface area contributed by atoms with Crippen molar-refractivity contribution in [2.45, 2.75) is 31.1 Å². The van der Waals surface area contributed by atoms with Crippen LogP contribution < -0.4 is 20.1 Å². The molecule has 0 bridgehead atoms. The van der Waals surface area contributed by atoms with Gasteiger partial charge in [-0.05, 0) is 43.2 Å². The number of ether oxygens (including phenoxy) is 2. The number of nitrogens with zero attached hydrogens (tertiary/aromatic N) is 1. The minimum atomic E-state index is -0.722. The number of thioether (sulfide) groups is 1. The summed E-state index contributed by atoms with van der Waals surface area (Å²) in [7, 11) is 3.19. The lowest BCUT2D eigenvalue weighted by atomic mass is 10.1. The molecule has 1 aliphatic rings. The number of nitrogens with one attached hydrogen (secondary N) is 2. The Hall–Kier alpha value is -0.870. The summed E-state index contributed by atoms with van der Waals surface area (Å²) in [6, 6.07) is 5.39. The molecule has 148 valence electrons. The molecule has 2 unspecified atom stereocenters. The second-order valence-corrected chi connectivity index (χ2v) is 7.31. The first kappa shape index (κ1) is 23.2. The topological polar surface area (TPSA) is 75.1 Å². The zero-order valence-corrected chi connectivity index (χ0v) is 18.8. The van der Waals surface area contributed by atoms with Crippen LogP contribution >= 0.6 is 35.7 Å². The Morgan fingerprint density at radius 1 is 1.27 bits per heavy atom. The highest BCUT2D eigenvalue weighted by Crippen LogP contribution is 2.27. The van der Waals surface area contributed by atoms with Crippen molar-refractivity contribution >= 4 is 41.7 Å². The Labute approximate surface area is 177 Å². The van der Waals surface area contributed by atoms with Gasteiger partial charge < -0.3 is 25.2 Å². The number of halogens is 1. The highest BCUT2D eigenvalue weighted by atomic mass is 127. The smallest absolute Gasteiger partial charge is 0.191 e. The average Bonchev–Trinajstić information content (AvgIpc) is 3.16. The van der Waals surface area contributed by atoms with Crippen LogP contribution in [0.3, 0.4) is 0 Å². The number of benzene rings is 1. The molecule has 2 atom stereocenters. The van der Waals surface area contributed by atoms with Crippen LogP contribution in [0.15, 0.2) is 23.2 Å². The number of hydrogen-bond donors (Lipinski definition) is 3. The van der Waals surface area contributed by atoms with Gasteiger partial charge in [0, 0.05) is 24.4 Å². The van der Waals surface area contributed by atoms with E-state index in [2.05, 4.69) is 15.6 Å². The van der Waals surface area contributed by atoms with E-state index in [9.17, 15) is 5.11 Å². The van der Waals surface area contributed by atoms with Gasteiger partial charge >= 0.3 is 0 Å². The van der Waals surface area contributed by atoms with Crippen LogP contribution in [0.25, 0.3) is 0 Å². The number of methoxy groups -OCH3 is 2. The van der Waals surface area contributed by atoms with Crippen LogP contribution in [0.5, 0.6) is 11.5 Å². The maximum Gasteiger partial charge on any atom is 0.191 e. The van der Waals surface area contributed by atoms with E-state index in [0.717, 1.165) is 24.6 Å². The molecule has 0 aliphatic carbocycles. The standard InChI is InChI=1S/C18H29N3O3S.HI/c1-4-19-18(20-11-16-6-5-7-25-16)21-12-17(22)13-8-14(23-2)10-15(9-13)24-3;/h8-10,16-17,22H,4-7,11-12H2,1-3H3,(H2,19,20,21);1H. The number of hydrogen-bond acceptors (Lipinski definition) is 5. The van der Waals surface area contributed by atoms with E-state index in [4.69, 9.17) is 9.47 Å². The van der Waals surface area contributed by atoms with Gasteiger partial charge in [0.05, 0.1) is 26.9 Å². The fourth-order valence-corrected chi connectivity index (χ4v) is 3.86. The van der Waals surface area contributed by atoms with Crippen molar-refractivity contribution in [2.24, 2.45) is 4.99 Å². The van der Waals surface area contributed by atoms with Crippen LogP contribution in [0.4, 0.5) is 0 Å². The molecule has 26 heavy (non-hydrogen) atoms. The lowest BCUT2D eigenvalue weighted by molar-refractivity contribution is 0.186. The second-order valence-electron chi connectivity index (χ2n) is 5.90. The Balaban J connectivity index is 0.00000338. The van der Waals surface area contributed by atoms with Crippen LogP contribution in [-0.4, -0.2) is 55.9 Å². The number of aliphatic imine (C=N–C) groups is 1. The van der Waals surface area contributed by atoms with E-state index in [-0.39, 0.29) is 30.5 Å². The lowest BCUT2D eigenvalue weighted by Gasteiger charge is -2.16. The highest BCUT2D eigenvalue weighted by Gasteiger charge is 2.16. The van der Waals surface area contributed by atoms with Crippen LogP contribution in [0.2, 0.25) is 0 Å². The Morgan fingerprint density at radius 2 is 1.96 bits per heavy atom. The average molecular weight is 495 g/mol. The lowest BCUT2D eigenvalue weighted by Crippen LogP contribution is -2.40. The van der Waals surface area contributed by atoms with E-state index < -0.39 is 6.10 Å². The summed E-state index contributed by atoms with van der Waals surface area (Å²) in [4.78, 5) is 4.52. The molecule has 3 N–H and O–H groups in total. The van der Waals surface area contributed by atoms with Crippen LogP contribution in [-0.2, 0) is 0 Å². The van der Waals surface area contributed by atoms with Crippen molar-refractivity contribution in [2.75, 3.05) is 39.6 Å². The van der Waals surface area contributed by atoms with Gasteiger partial charge in [0.1, 0.15) is 11.5 Å². The molecule has 0 amide bonds. The summed E-state index contributed by atoms with van der Waals surface area (Å²) in [6.07, 6.45) is 1.82.